The van der Waals surface area contributed by atoms with Crippen LogP contribution in [0.25, 0.3) is 0 Å². The lowest BCUT2D eigenvalue weighted by Gasteiger charge is -2.17. The van der Waals surface area contributed by atoms with E-state index in [1.54, 1.807) is 0 Å². The number of hydrogen-bond acceptors (Lipinski definition) is 4. The predicted octanol–water partition coefficient (Wildman–Crippen LogP) is 1.19. The summed E-state index contributed by atoms with van der Waals surface area (Å²) in [4.78, 5) is 11.7. The Balaban J connectivity index is 2.32. The Morgan fingerprint density at radius 2 is 2.05 bits per heavy atom. The number of hydrogen-bond donors (Lipinski definition) is 3. The number of nitrogens with one attached hydrogen (secondary N) is 1. The number of aliphatic hydroxyl groups is 1. The smallest absolute Gasteiger partial charge is 0.237 e. The van der Waals surface area contributed by atoms with Crippen molar-refractivity contribution < 1.29 is 23.4 Å². The summed E-state index contributed by atoms with van der Waals surface area (Å²) in [6, 6.07) is 2.45. The number of benzene rings is 1. The highest BCUT2D eigenvalue weighted by Crippen LogP contribution is 2.15. The van der Waals surface area contributed by atoms with Crippen LogP contribution in [-0.4, -0.2) is 36.3 Å². The average molecular weight is 316 g/mol. The quantitative estimate of drug-likeness (QED) is 0.673. The lowest BCUT2D eigenvalue weighted by atomic mass is 10.0. The largest absolute Gasteiger partial charge is 0.491 e. The number of carbonyl (C=O) groups excluding carboxylic acids is 1. The fraction of sp³-hybridized carbons (Fsp3) is 0.533. The topological polar surface area (TPSA) is 84.6 Å². The number of amides is 1. The molecule has 0 heterocycles. The summed E-state index contributed by atoms with van der Waals surface area (Å²) in [5, 5.41) is 12.2. The molecule has 5 nitrogen and oxygen atoms in total. The number of nitrogens with two attached hydrogens (primary N) is 1. The van der Waals surface area contributed by atoms with Crippen molar-refractivity contribution >= 4 is 5.91 Å². The van der Waals surface area contributed by atoms with Crippen molar-refractivity contribution in [1.82, 2.24) is 5.32 Å². The van der Waals surface area contributed by atoms with Gasteiger partial charge in [0, 0.05) is 12.6 Å². The van der Waals surface area contributed by atoms with E-state index in [0.717, 1.165) is 12.1 Å². The summed E-state index contributed by atoms with van der Waals surface area (Å²) in [7, 11) is 0. The Morgan fingerprint density at radius 1 is 1.36 bits per heavy atom. The predicted molar refractivity (Wildman–Crippen MR) is 78.3 cm³/mol. The number of aliphatic hydroxyl groups excluding tert-OH is 1. The van der Waals surface area contributed by atoms with Gasteiger partial charge in [-0.1, -0.05) is 13.8 Å². The van der Waals surface area contributed by atoms with E-state index in [9.17, 15) is 18.7 Å². The Kier molecular flexibility index (Phi) is 7.20. The molecule has 0 fully saturated rings. The van der Waals surface area contributed by atoms with Gasteiger partial charge in [0.05, 0.1) is 6.04 Å². The van der Waals surface area contributed by atoms with E-state index in [1.165, 1.54) is 6.07 Å². The molecule has 0 saturated carbocycles. The van der Waals surface area contributed by atoms with Crippen molar-refractivity contribution in [2.45, 2.75) is 32.4 Å². The van der Waals surface area contributed by atoms with Crippen LogP contribution in [0.15, 0.2) is 18.2 Å². The van der Waals surface area contributed by atoms with E-state index in [0.29, 0.717) is 12.3 Å². The molecule has 0 saturated heterocycles. The summed E-state index contributed by atoms with van der Waals surface area (Å²) in [6.45, 7) is 3.72. The molecular weight excluding hydrogens is 294 g/mol. The van der Waals surface area contributed by atoms with Crippen LogP contribution in [0, 0.1) is 17.6 Å². The minimum absolute atomic E-state index is 0.0334. The van der Waals surface area contributed by atoms with E-state index in [1.807, 2.05) is 13.8 Å². The molecule has 0 spiro atoms. The standard InChI is InChI=1S/C15H22F2N2O3/c1-9(2)5-14(18)15(21)19-7-10(20)8-22-11-3-4-12(16)13(17)6-11/h3-4,6,9-10,14,20H,5,7-8,18H2,1-2H3,(H,19,21)/t10?,14-/m0/s1. The highest BCUT2D eigenvalue weighted by molar-refractivity contribution is 5.81. The van der Waals surface area contributed by atoms with Gasteiger partial charge in [-0.2, -0.15) is 0 Å². The first-order valence-corrected chi connectivity index (χ1v) is 7.08. The third-order valence-electron chi connectivity index (χ3n) is 2.91. The molecular formula is C15H22F2N2O3. The first-order valence-electron chi connectivity index (χ1n) is 7.08. The third-order valence-corrected chi connectivity index (χ3v) is 2.91. The second-order valence-electron chi connectivity index (χ2n) is 5.52. The van der Waals surface area contributed by atoms with E-state index < -0.39 is 23.8 Å². The molecule has 0 aliphatic heterocycles. The molecule has 124 valence electrons. The van der Waals surface area contributed by atoms with Crippen LogP contribution >= 0.6 is 0 Å². The fourth-order valence-electron chi connectivity index (χ4n) is 1.78. The molecule has 0 bridgehead atoms. The number of ether oxygens (including phenoxy) is 1. The molecule has 0 aliphatic rings. The molecule has 4 N–H and O–H groups in total. The molecule has 0 radical (unpaired) electrons. The number of halogens is 2. The van der Waals surface area contributed by atoms with Crippen LogP contribution < -0.4 is 15.8 Å². The van der Waals surface area contributed by atoms with Crippen molar-refractivity contribution in [3.63, 3.8) is 0 Å². The highest BCUT2D eigenvalue weighted by atomic mass is 19.2. The Bertz CT molecular complexity index is 498. The van der Waals surface area contributed by atoms with E-state index in [2.05, 4.69) is 5.32 Å². The molecule has 1 aromatic rings. The second-order valence-corrected chi connectivity index (χ2v) is 5.52. The second kappa shape index (κ2) is 8.65. The van der Waals surface area contributed by atoms with Gasteiger partial charge >= 0.3 is 0 Å². The molecule has 22 heavy (non-hydrogen) atoms. The summed E-state index contributed by atoms with van der Waals surface area (Å²) in [5.41, 5.74) is 5.70. The Labute approximate surface area is 128 Å². The van der Waals surface area contributed by atoms with Crippen molar-refractivity contribution in [2.75, 3.05) is 13.2 Å². The minimum atomic E-state index is -1.03. The number of rotatable bonds is 8. The van der Waals surface area contributed by atoms with Gasteiger partial charge < -0.3 is 20.9 Å². The first-order chi connectivity index (χ1) is 10.3. The lowest BCUT2D eigenvalue weighted by molar-refractivity contribution is -0.123. The minimum Gasteiger partial charge on any atom is -0.491 e. The van der Waals surface area contributed by atoms with E-state index >= 15 is 0 Å². The van der Waals surface area contributed by atoms with Crippen molar-refractivity contribution in [3.05, 3.63) is 29.8 Å². The average Bonchev–Trinajstić information content (AvgIpc) is 2.45. The molecule has 7 heteroatoms. The lowest BCUT2D eigenvalue weighted by Crippen LogP contribution is -2.45. The van der Waals surface area contributed by atoms with Gasteiger partial charge in [-0.15, -0.1) is 0 Å². The normalized spacial score (nSPS) is 13.8. The zero-order valence-electron chi connectivity index (χ0n) is 12.7. The van der Waals surface area contributed by atoms with Crippen LogP contribution in [0.3, 0.4) is 0 Å². The fourth-order valence-corrected chi connectivity index (χ4v) is 1.78. The summed E-state index contributed by atoms with van der Waals surface area (Å²) >= 11 is 0. The van der Waals surface area contributed by atoms with Gasteiger partial charge in [-0.3, -0.25) is 4.79 Å². The van der Waals surface area contributed by atoms with Crippen LogP contribution in [0.5, 0.6) is 5.75 Å². The van der Waals surface area contributed by atoms with Crippen LogP contribution in [0.1, 0.15) is 20.3 Å². The monoisotopic (exact) mass is 316 g/mol. The maximum Gasteiger partial charge on any atom is 0.237 e. The van der Waals surface area contributed by atoms with Gasteiger partial charge in [0.1, 0.15) is 18.5 Å². The zero-order chi connectivity index (χ0) is 16.7. The molecule has 1 unspecified atom stereocenters. The van der Waals surface area contributed by atoms with Gasteiger partial charge in [-0.25, -0.2) is 8.78 Å². The zero-order valence-corrected chi connectivity index (χ0v) is 12.7. The highest BCUT2D eigenvalue weighted by Gasteiger charge is 2.16. The van der Waals surface area contributed by atoms with Crippen molar-refractivity contribution in [3.8, 4) is 5.75 Å². The third kappa shape index (κ3) is 6.36. The van der Waals surface area contributed by atoms with Crippen molar-refractivity contribution in [2.24, 2.45) is 11.7 Å². The summed E-state index contributed by atoms with van der Waals surface area (Å²) in [6.07, 6.45) is -0.434. The van der Waals surface area contributed by atoms with Gasteiger partial charge in [0.15, 0.2) is 11.6 Å². The van der Waals surface area contributed by atoms with E-state index in [4.69, 9.17) is 10.5 Å². The molecule has 1 amide bonds. The van der Waals surface area contributed by atoms with Gasteiger partial charge in [-0.05, 0) is 24.5 Å². The van der Waals surface area contributed by atoms with Crippen LogP contribution in [0.4, 0.5) is 8.78 Å². The molecule has 1 aromatic carbocycles. The molecule has 1 rings (SSSR count). The maximum absolute atomic E-state index is 13.0. The Morgan fingerprint density at radius 3 is 2.64 bits per heavy atom. The molecule has 2 atom stereocenters. The van der Waals surface area contributed by atoms with Gasteiger partial charge in [0.2, 0.25) is 5.91 Å². The van der Waals surface area contributed by atoms with Crippen LogP contribution in [0.2, 0.25) is 0 Å². The molecule has 0 aromatic heterocycles. The Hall–Kier alpha value is -1.73. The SMILES string of the molecule is CC(C)C[C@H](N)C(=O)NCC(O)COc1ccc(F)c(F)c1. The van der Waals surface area contributed by atoms with Crippen molar-refractivity contribution in [1.29, 1.82) is 0 Å². The summed E-state index contributed by atoms with van der Waals surface area (Å²) in [5.74, 6) is -1.96. The molecule has 0 aliphatic carbocycles. The maximum atomic E-state index is 13.0. The summed E-state index contributed by atoms with van der Waals surface area (Å²) < 4.78 is 30.8. The van der Waals surface area contributed by atoms with Gasteiger partial charge in [0.25, 0.3) is 0 Å². The number of carbonyl (C=O) groups is 1. The first kappa shape index (κ1) is 18.3. The van der Waals surface area contributed by atoms with E-state index in [-0.39, 0.29) is 24.8 Å². The van der Waals surface area contributed by atoms with Crippen LogP contribution in [-0.2, 0) is 4.79 Å².